The summed E-state index contributed by atoms with van der Waals surface area (Å²) in [4.78, 5) is 12.4. The molecule has 1 heterocycles. The van der Waals surface area contributed by atoms with Crippen LogP contribution in [-0.2, 0) is 19.7 Å². The average Bonchev–Trinajstić information content (AvgIpc) is 2.98. The Labute approximate surface area is 160 Å². The fourth-order valence-electron chi connectivity index (χ4n) is 2.77. The lowest BCUT2D eigenvalue weighted by Gasteiger charge is -2.12. The van der Waals surface area contributed by atoms with Crippen molar-refractivity contribution in [3.63, 3.8) is 0 Å². The van der Waals surface area contributed by atoms with Crippen LogP contribution in [0.25, 0.3) is 0 Å². The molecule has 1 aliphatic heterocycles. The number of anilines is 1. The maximum atomic E-state index is 12.7. The molecule has 0 saturated carbocycles. The number of benzene rings is 2. The molecule has 0 bridgehead atoms. The minimum atomic E-state index is -3.82. The van der Waals surface area contributed by atoms with Crippen LogP contribution in [0.1, 0.15) is 16.8 Å². The van der Waals surface area contributed by atoms with E-state index in [0.29, 0.717) is 10.2 Å². The molecule has 26 heavy (non-hydrogen) atoms. The molecule has 0 radical (unpaired) electrons. The van der Waals surface area contributed by atoms with Gasteiger partial charge >= 0.3 is 0 Å². The van der Waals surface area contributed by atoms with Gasteiger partial charge in [0, 0.05) is 10.0 Å². The van der Waals surface area contributed by atoms with E-state index in [9.17, 15) is 21.6 Å². The first-order valence-corrected chi connectivity index (χ1v) is 12.0. The first-order valence-electron chi connectivity index (χ1n) is 7.79. The van der Waals surface area contributed by atoms with Crippen LogP contribution in [0.5, 0.6) is 0 Å². The first kappa shape index (κ1) is 19.1. The molecule has 1 N–H and O–H groups in total. The molecule has 1 atom stereocenters. The molecule has 1 fully saturated rings. The smallest absolute Gasteiger partial charge is 0.255 e. The van der Waals surface area contributed by atoms with E-state index in [1.54, 1.807) is 18.2 Å². The van der Waals surface area contributed by atoms with Crippen LogP contribution < -0.4 is 5.32 Å². The molecule has 1 amide bonds. The van der Waals surface area contributed by atoms with Crippen molar-refractivity contribution in [1.82, 2.24) is 0 Å². The Morgan fingerprint density at radius 2 is 1.85 bits per heavy atom. The number of para-hydroxylation sites is 1. The van der Waals surface area contributed by atoms with Gasteiger partial charge in [-0.3, -0.25) is 4.79 Å². The zero-order valence-electron chi connectivity index (χ0n) is 13.6. The summed E-state index contributed by atoms with van der Waals surface area (Å²) in [6, 6.07) is 12.7. The average molecular weight is 458 g/mol. The van der Waals surface area contributed by atoms with E-state index in [-0.39, 0.29) is 28.4 Å². The normalized spacial score (nSPS) is 19.2. The number of hydrogen-bond acceptors (Lipinski definition) is 5. The second kappa shape index (κ2) is 7.13. The van der Waals surface area contributed by atoms with Gasteiger partial charge < -0.3 is 5.32 Å². The van der Waals surface area contributed by atoms with Gasteiger partial charge in [-0.1, -0.05) is 18.2 Å². The molecule has 0 aliphatic carbocycles. The van der Waals surface area contributed by atoms with Crippen LogP contribution in [-0.4, -0.2) is 39.5 Å². The molecule has 6 nitrogen and oxygen atoms in total. The Bertz CT molecular complexity index is 1060. The second-order valence-electron chi connectivity index (χ2n) is 6.03. The van der Waals surface area contributed by atoms with E-state index in [1.807, 2.05) is 6.07 Å². The van der Waals surface area contributed by atoms with E-state index in [2.05, 4.69) is 21.2 Å². The fourth-order valence-corrected chi connectivity index (χ4v) is 7.56. The predicted octanol–water partition coefficient (Wildman–Crippen LogP) is 2.66. The van der Waals surface area contributed by atoms with E-state index < -0.39 is 30.8 Å². The van der Waals surface area contributed by atoms with Crippen molar-refractivity contribution < 1.29 is 21.6 Å². The number of sulfone groups is 2. The van der Waals surface area contributed by atoms with E-state index in [1.165, 1.54) is 24.3 Å². The lowest BCUT2D eigenvalue weighted by atomic mass is 10.2. The highest BCUT2D eigenvalue weighted by molar-refractivity contribution is 9.10. The Balaban J connectivity index is 1.86. The van der Waals surface area contributed by atoms with E-state index >= 15 is 0 Å². The van der Waals surface area contributed by atoms with Crippen molar-refractivity contribution in [2.24, 2.45) is 0 Å². The van der Waals surface area contributed by atoms with Gasteiger partial charge in [-0.15, -0.1) is 0 Å². The summed E-state index contributed by atoms with van der Waals surface area (Å²) in [5.41, 5.74) is 0.746. The second-order valence-corrected chi connectivity index (χ2v) is 11.3. The minimum absolute atomic E-state index is 0.0422. The number of nitrogens with one attached hydrogen (secondary N) is 1. The summed E-state index contributed by atoms with van der Waals surface area (Å²) in [6.45, 7) is 0. The summed E-state index contributed by atoms with van der Waals surface area (Å²) >= 11 is 3.33. The van der Waals surface area contributed by atoms with Gasteiger partial charge in [-0.2, -0.15) is 0 Å². The maximum absolute atomic E-state index is 12.7. The summed E-state index contributed by atoms with van der Waals surface area (Å²) in [7, 11) is -7.14. The van der Waals surface area contributed by atoms with Crippen LogP contribution in [0.15, 0.2) is 57.9 Å². The molecule has 0 spiro atoms. The van der Waals surface area contributed by atoms with Gasteiger partial charge in [-0.25, -0.2) is 16.8 Å². The predicted molar refractivity (Wildman–Crippen MR) is 103 cm³/mol. The fraction of sp³-hybridized carbons (Fsp3) is 0.235. The Hall–Kier alpha value is -1.71. The van der Waals surface area contributed by atoms with E-state index in [0.717, 1.165) is 0 Å². The van der Waals surface area contributed by atoms with Gasteiger partial charge in [-0.05, 0) is 52.7 Å². The minimum Gasteiger partial charge on any atom is -0.321 e. The third-order valence-electron chi connectivity index (χ3n) is 4.18. The summed E-state index contributed by atoms with van der Waals surface area (Å²) in [6.07, 6.45) is 0.0814. The molecule has 1 aliphatic rings. The van der Waals surface area contributed by atoms with Crippen molar-refractivity contribution in [1.29, 1.82) is 0 Å². The van der Waals surface area contributed by atoms with E-state index in [4.69, 9.17) is 0 Å². The number of hydrogen-bond donors (Lipinski definition) is 1. The van der Waals surface area contributed by atoms with Crippen LogP contribution >= 0.6 is 15.9 Å². The van der Waals surface area contributed by atoms with Gasteiger partial charge in [0.1, 0.15) is 0 Å². The molecule has 1 saturated heterocycles. The van der Waals surface area contributed by atoms with Crippen molar-refractivity contribution in [2.75, 3.05) is 16.8 Å². The maximum Gasteiger partial charge on any atom is 0.255 e. The van der Waals surface area contributed by atoms with Gasteiger partial charge in [0.25, 0.3) is 5.91 Å². The van der Waals surface area contributed by atoms with Gasteiger partial charge in [0.05, 0.1) is 27.3 Å². The van der Waals surface area contributed by atoms with Crippen LogP contribution in [0.4, 0.5) is 5.69 Å². The lowest BCUT2D eigenvalue weighted by Crippen LogP contribution is -2.23. The first-order chi connectivity index (χ1) is 12.2. The molecule has 2 aromatic carbocycles. The molecule has 1 unspecified atom stereocenters. The highest BCUT2D eigenvalue weighted by Crippen LogP contribution is 2.26. The molecule has 3 rings (SSSR count). The number of carbonyl (C=O) groups excluding carboxylic acids is 1. The molecule has 2 aromatic rings. The SMILES string of the molecule is O=C(Nc1ccccc1Br)c1cccc(S(=O)(=O)C2CCS(=O)(=O)C2)c1. The van der Waals surface area contributed by atoms with Crippen molar-refractivity contribution in [3.8, 4) is 0 Å². The third kappa shape index (κ3) is 3.99. The molecular weight excluding hydrogens is 442 g/mol. The summed E-state index contributed by atoms with van der Waals surface area (Å²) in [5.74, 6) is -0.949. The van der Waals surface area contributed by atoms with Crippen molar-refractivity contribution in [2.45, 2.75) is 16.6 Å². The molecular formula is C17H16BrNO5S2. The summed E-state index contributed by atoms with van der Waals surface area (Å²) in [5, 5.41) is 1.75. The van der Waals surface area contributed by atoms with Crippen LogP contribution in [0.2, 0.25) is 0 Å². The van der Waals surface area contributed by atoms with Crippen LogP contribution in [0.3, 0.4) is 0 Å². The zero-order chi connectivity index (χ0) is 18.9. The largest absolute Gasteiger partial charge is 0.321 e. The third-order valence-corrected chi connectivity index (χ3v) is 9.04. The highest BCUT2D eigenvalue weighted by atomic mass is 79.9. The molecule has 138 valence electrons. The van der Waals surface area contributed by atoms with Crippen molar-refractivity contribution >= 4 is 47.2 Å². The molecule has 9 heteroatoms. The number of amides is 1. The number of halogens is 1. The quantitative estimate of drug-likeness (QED) is 0.760. The van der Waals surface area contributed by atoms with Crippen molar-refractivity contribution in [3.05, 3.63) is 58.6 Å². The Kier molecular flexibility index (Phi) is 5.23. The molecule has 0 aromatic heterocycles. The highest BCUT2D eigenvalue weighted by Gasteiger charge is 2.38. The monoisotopic (exact) mass is 457 g/mol. The zero-order valence-corrected chi connectivity index (χ0v) is 16.8. The Morgan fingerprint density at radius 3 is 2.50 bits per heavy atom. The van der Waals surface area contributed by atoms with Gasteiger partial charge in [0.2, 0.25) is 0 Å². The lowest BCUT2D eigenvalue weighted by molar-refractivity contribution is 0.102. The van der Waals surface area contributed by atoms with Gasteiger partial charge in [0.15, 0.2) is 19.7 Å². The van der Waals surface area contributed by atoms with Crippen LogP contribution in [0, 0.1) is 0 Å². The topological polar surface area (TPSA) is 97.4 Å². The number of rotatable bonds is 4. The Morgan fingerprint density at radius 1 is 1.12 bits per heavy atom. The number of carbonyl (C=O) groups is 1. The summed E-state index contributed by atoms with van der Waals surface area (Å²) < 4.78 is 49.3. The standard InChI is InChI=1S/C17H16BrNO5S2/c18-15-6-1-2-7-16(15)19-17(20)12-4-3-5-13(10-12)26(23,24)14-8-9-25(21,22)11-14/h1-7,10,14H,8-9,11H2,(H,19,20).